The lowest BCUT2D eigenvalue weighted by Gasteiger charge is -2.20. The summed E-state index contributed by atoms with van der Waals surface area (Å²) in [4.78, 5) is 0. The van der Waals surface area contributed by atoms with Crippen LogP contribution in [0.5, 0.6) is 0 Å². The van der Waals surface area contributed by atoms with Crippen molar-refractivity contribution < 1.29 is 5.11 Å². The van der Waals surface area contributed by atoms with E-state index < -0.39 is 0 Å². The van der Waals surface area contributed by atoms with Crippen LogP contribution in [-0.2, 0) is 0 Å². The van der Waals surface area contributed by atoms with Gasteiger partial charge in [-0.3, -0.25) is 0 Å². The third kappa shape index (κ3) is 1.55. The highest BCUT2D eigenvalue weighted by atomic mass is 32.2. The van der Waals surface area contributed by atoms with Crippen molar-refractivity contribution >= 4 is 11.8 Å². The molecular formula is C8H15NOS. The van der Waals surface area contributed by atoms with E-state index in [1.807, 2.05) is 11.8 Å². The maximum absolute atomic E-state index is 9.71. The van der Waals surface area contributed by atoms with Crippen molar-refractivity contribution in [3.63, 3.8) is 0 Å². The van der Waals surface area contributed by atoms with Crippen LogP contribution in [0.25, 0.3) is 0 Å². The van der Waals surface area contributed by atoms with Crippen LogP contribution in [0.3, 0.4) is 0 Å². The molecule has 11 heavy (non-hydrogen) atoms. The van der Waals surface area contributed by atoms with Crippen LogP contribution >= 0.6 is 11.8 Å². The lowest BCUT2D eigenvalue weighted by atomic mass is 9.96. The minimum atomic E-state index is -0.0370. The molecule has 64 valence electrons. The van der Waals surface area contributed by atoms with Gasteiger partial charge in [0, 0.05) is 23.5 Å². The third-order valence-electron chi connectivity index (χ3n) is 2.70. The second kappa shape index (κ2) is 3.33. The zero-order chi connectivity index (χ0) is 7.68. The number of thioether (sulfide) groups is 1. The van der Waals surface area contributed by atoms with Gasteiger partial charge in [0.15, 0.2) is 0 Å². The van der Waals surface area contributed by atoms with E-state index in [-0.39, 0.29) is 6.10 Å². The van der Waals surface area contributed by atoms with E-state index in [0.29, 0.717) is 12.0 Å². The van der Waals surface area contributed by atoms with Crippen LogP contribution < -0.4 is 5.32 Å². The second-order valence-electron chi connectivity index (χ2n) is 3.47. The Balaban J connectivity index is 2.03. The van der Waals surface area contributed by atoms with Crippen molar-refractivity contribution in [1.29, 1.82) is 0 Å². The number of rotatable bonds is 0. The molecule has 0 aliphatic carbocycles. The van der Waals surface area contributed by atoms with E-state index in [4.69, 9.17) is 0 Å². The van der Waals surface area contributed by atoms with Crippen molar-refractivity contribution in [2.45, 2.75) is 25.0 Å². The molecule has 2 heterocycles. The lowest BCUT2D eigenvalue weighted by Crippen LogP contribution is -2.38. The summed E-state index contributed by atoms with van der Waals surface area (Å²) in [7, 11) is 0. The number of fused-ring (bicyclic) bond motifs is 1. The van der Waals surface area contributed by atoms with Crippen LogP contribution in [-0.4, -0.2) is 35.3 Å². The molecule has 2 saturated heterocycles. The Labute approximate surface area is 71.7 Å². The van der Waals surface area contributed by atoms with Gasteiger partial charge in [-0.25, -0.2) is 0 Å². The van der Waals surface area contributed by atoms with Gasteiger partial charge in [0.1, 0.15) is 0 Å². The largest absolute Gasteiger partial charge is 0.393 e. The minimum absolute atomic E-state index is 0.0370. The van der Waals surface area contributed by atoms with Crippen molar-refractivity contribution in [3.05, 3.63) is 0 Å². The highest BCUT2D eigenvalue weighted by molar-refractivity contribution is 7.99. The van der Waals surface area contributed by atoms with Gasteiger partial charge in [-0.05, 0) is 19.4 Å². The first-order valence-electron chi connectivity index (χ1n) is 4.37. The third-order valence-corrected chi connectivity index (χ3v) is 3.92. The molecule has 0 aromatic carbocycles. The van der Waals surface area contributed by atoms with Gasteiger partial charge >= 0.3 is 0 Å². The molecule has 3 atom stereocenters. The molecule has 2 N–H and O–H groups in total. The summed E-state index contributed by atoms with van der Waals surface area (Å²) in [5.41, 5.74) is 0. The van der Waals surface area contributed by atoms with Crippen molar-refractivity contribution in [2.75, 3.05) is 18.1 Å². The summed E-state index contributed by atoms with van der Waals surface area (Å²) in [5, 5.41) is 13.2. The van der Waals surface area contributed by atoms with Gasteiger partial charge in [0.05, 0.1) is 6.10 Å². The minimum Gasteiger partial charge on any atom is -0.393 e. The van der Waals surface area contributed by atoms with E-state index >= 15 is 0 Å². The Kier molecular flexibility index (Phi) is 2.39. The predicted molar refractivity (Wildman–Crippen MR) is 47.8 cm³/mol. The molecular weight excluding hydrogens is 158 g/mol. The average Bonchev–Trinajstić information content (AvgIpc) is 2.40. The maximum atomic E-state index is 9.71. The Bertz CT molecular complexity index is 142. The first-order chi connectivity index (χ1) is 5.38. The quantitative estimate of drug-likeness (QED) is 0.558. The van der Waals surface area contributed by atoms with Gasteiger partial charge < -0.3 is 10.4 Å². The number of hydrogen-bond acceptors (Lipinski definition) is 3. The van der Waals surface area contributed by atoms with Crippen molar-refractivity contribution in [3.8, 4) is 0 Å². The van der Waals surface area contributed by atoms with Crippen LogP contribution in [0.4, 0.5) is 0 Å². The second-order valence-corrected chi connectivity index (χ2v) is 4.55. The molecule has 0 saturated carbocycles. The number of hydrogen-bond donors (Lipinski definition) is 2. The number of nitrogens with one attached hydrogen (secondary N) is 1. The van der Waals surface area contributed by atoms with E-state index in [2.05, 4.69) is 5.32 Å². The van der Waals surface area contributed by atoms with Gasteiger partial charge in [-0.2, -0.15) is 11.8 Å². The van der Waals surface area contributed by atoms with E-state index in [1.54, 1.807) is 0 Å². The summed E-state index contributed by atoms with van der Waals surface area (Å²) < 4.78 is 0. The standard InChI is InChI=1S/C8H15NOS/c10-8-2-1-3-9-7-5-11-4-6(7)8/h6-10H,1-5H2. The highest BCUT2D eigenvalue weighted by Gasteiger charge is 2.34. The maximum Gasteiger partial charge on any atom is 0.0592 e. The topological polar surface area (TPSA) is 32.3 Å². The molecule has 0 aromatic rings. The SMILES string of the molecule is OC1CCCNC2CSCC12. The summed E-state index contributed by atoms with van der Waals surface area (Å²) >= 11 is 1.97. The molecule has 0 amide bonds. The zero-order valence-electron chi connectivity index (χ0n) is 6.62. The normalized spacial score (nSPS) is 45.0. The van der Waals surface area contributed by atoms with Crippen LogP contribution in [0.2, 0.25) is 0 Å². The first kappa shape index (κ1) is 7.90. The fraction of sp³-hybridized carbons (Fsp3) is 1.00. The van der Waals surface area contributed by atoms with E-state index in [9.17, 15) is 5.11 Å². The summed E-state index contributed by atoms with van der Waals surface area (Å²) in [6.45, 7) is 1.10. The molecule has 3 unspecified atom stereocenters. The van der Waals surface area contributed by atoms with Gasteiger partial charge in [0.25, 0.3) is 0 Å². The van der Waals surface area contributed by atoms with Gasteiger partial charge in [-0.1, -0.05) is 0 Å². The zero-order valence-corrected chi connectivity index (χ0v) is 7.44. The number of aliphatic hydroxyl groups is 1. The van der Waals surface area contributed by atoms with E-state index in [0.717, 1.165) is 25.1 Å². The molecule has 0 aromatic heterocycles. The molecule has 2 fully saturated rings. The molecule has 0 spiro atoms. The van der Waals surface area contributed by atoms with Gasteiger partial charge in [0.2, 0.25) is 0 Å². The van der Waals surface area contributed by atoms with E-state index in [1.165, 1.54) is 5.75 Å². The predicted octanol–water partition coefficient (Wildman–Crippen LogP) is 0.462. The van der Waals surface area contributed by atoms with Crippen molar-refractivity contribution in [1.82, 2.24) is 5.32 Å². The van der Waals surface area contributed by atoms with Crippen molar-refractivity contribution in [2.24, 2.45) is 5.92 Å². The molecule has 3 heteroatoms. The Hall–Kier alpha value is 0.270. The summed E-state index contributed by atoms with van der Waals surface area (Å²) in [5.74, 6) is 2.88. The van der Waals surface area contributed by atoms with Crippen LogP contribution in [0.15, 0.2) is 0 Å². The Morgan fingerprint density at radius 1 is 1.36 bits per heavy atom. The Morgan fingerprint density at radius 3 is 3.18 bits per heavy atom. The molecule has 2 rings (SSSR count). The fourth-order valence-corrected chi connectivity index (χ4v) is 3.45. The Morgan fingerprint density at radius 2 is 2.27 bits per heavy atom. The van der Waals surface area contributed by atoms with Crippen LogP contribution in [0.1, 0.15) is 12.8 Å². The lowest BCUT2D eigenvalue weighted by molar-refractivity contribution is 0.107. The molecule has 0 bridgehead atoms. The molecule has 2 aliphatic heterocycles. The molecule has 2 aliphatic rings. The van der Waals surface area contributed by atoms with Gasteiger partial charge in [-0.15, -0.1) is 0 Å². The molecule has 0 radical (unpaired) electrons. The highest BCUT2D eigenvalue weighted by Crippen LogP contribution is 2.30. The smallest absolute Gasteiger partial charge is 0.0592 e. The monoisotopic (exact) mass is 173 g/mol. The average molecular weight is 173 g/mol. The molecule has 2 nitrogen and oxygen atoms in total. The number of aliphatic hydroxyl groups excluding tert-OH is 1. The van der Waals surface area contributed by atoms with Crippen LogP contribution in [0, 0.1) is 5.92 Å². The fourth-order valence-electron chi connectivity index (χ4n) is 1.97. The summed E-state index contributed by atoms with van der Waals surface area (Å²) in [6.07, 6.45) is 2.10. The summed E-state index contributed by atoms with van der Waals surface area (Å²) in [6, 6.07) is 0.595. The first-order valence-corrected chi connectivity index (χ1v) is 5.52.